The molecular weight excluding hydrogens is 326 g/mol. The number of allylic oxidation sites excluding steroid dienone is 1. The molecule has 0 spiro atoms. The third kappa shape index (κ3) is 4.02. The number of methoxy groups -OCH3 is 1. The van der Waals surface area contributed by atoms with E-state index in [2.05, 4.69) is 0 Å². The molecule has 0 aliphatic rings. The van der Waals surface area contributed by atoms with Crippen LogP contribution in [0.15, 0.2) is 47.4 Å². The van der Waals surface area contributed by atoms with Crippen molar-refractivity contribution < 1.29 is 14.5 Å². The summed E-state index contributed by atoms with van der Waals surface area (Å²) in [6.45, 7) is 1.68. The van der Waals surface area contributed by atoms with Crippen LogP contribution in [-0.4, -0.2) is 24.1 Å². The van der Waals surface area contributed by atoms with Crippen LogP contribution in [0, 0.1) is 17.0 Å². The summed E-state index contributed by atoms with van der Waals surface area (Å²) in [5, 5.41) is 11.0. The minimum absolute atomic E-state index is 0.0376. The molecule has 0 unspecified atom stereocenters. The van der Waals surface area contributed by atoms with E-state index in [0.717, 1.165) is 4.90 Å². The van der Waals surface area contributed by atoms with Gasteiger partial charge in [0.1, 0.15) is 5.75 Å². The molecule has 0 radical (unpaired) electrons. The van der Waals surface area contributed by atoms with Crippen molar-refractivity contribution in [2.75, 3.05) is 13.4 Å². The van der Waals surface area contributed by atoms with Crippen LogP contribution in [-0.2, 0) is 0 Å². The van der Waals surface area contributed by atoms with E-state index in [4.69, 9.17) is 4.74 Å². The van der Waals surface area contributed by atoms with Crippen LogP contribution in [0.3, 0.4) is 0 Å². The van der Waals surface area contributed by atoms with E-state index in [1.807, 2.05) is 12.3 Å². The average Bonchev–Trinajstić information content (AvgIpc) is 2.59. The number of nitro benzene ring substituents is 1. The predicted molar refractivity (Wildman–Crippen MR) is 96.0 cm³/mol. The van der Waals surface area contributed by atoms with Gasteiger partial charge in [-0.3, -0.25) is 14.9 Å². The molecule has 0 amide bonds. The number of thioether (sulfide) groups is 1. The minimum Gasteiger partial charge on any atom is -0.496 e. The highest BCUT2D eigenvalue weighted by Gasteiger charge is 2.11. The van der Waals surface area contributed by atoms with E-state index in [-0.39, 0.29) is 11.5 Å². The number of rotatable bonds is 6. The first-order chi connectivity index (χ1) is 11.5. The van der Waals surface area contributed by atoms with Crippen molar-refractivity contribution in [1.29, 1.82) is 0 Å². The monoisotopic (exact) mass is 343 g/mol. The summed E-state index contributed by atoms with van der Waals surface area (Å²) < 4.78 is 5.27. The molecule has 0 aromatic heterocycles. The summed E-state index contributed by atoms with van der Waals surface area (Å²) in [5.74, 6) is 0.455. The van der Waals surface area contributed by atoms with Gasteiger partial charge >= 0.3 is 0 Å². The third-order valence-corrected chi connectivity index (χ3v) is 4.30. The molecule has 6 heteroatoms. The van der Waals surface area contributed by atoms with E-state index >= 15 is 0 Å². The van der Waals surface area contributed by atoms with E-state index in [0.29, 0.717) is 22.4 Å². The van der Waals surface area contributed by atoms with Crippen molar-refractivity contribution in [2.45, 2.75) is 11.8 Å². The van der Waals surface area contributed by atoms with Crippen molar-refractivity contribution in [3.8, 4) is 5.75 Å². The first-order valence-electron chi connectivity index (χ1n) is 7.15. The molecule has 124 valence electrons. The zero-order valence-electron chi connectivity index (χ0n) is 13.6. The lowest BCUT2D eigenvalue weighted by molar-refractivity contribution is -0.385. The summed E-state index contributed by atoms with van der Waals surface area (Å²) in [4.78, 5) is 23.8. The fraction of sp³-hybridized carbons (Fsp3) is 0.167. The molecule has 24 heavy (non-hydrogen) atoms. The fourth-order valence-electron chi connectivity index (χ4n) is 2.18. The lowest BCUT2D eigenvalue weighted by atomic mass is 10.1. The van der Waals surface area contributed by atoms with Gasteiger partial charge in [0.15, 0.2) is 5.78 Å². The van der Waals surface area contributed by atoms with E-state index in [9.17, 15) is 14.9 Å². The topological polar surface area (TPSA) is 69.4 Å². The molecule has 2 aromatic carbocycles. The number of aryl methyl sites for hydroxylation is 1. The van der Waals surface area contributed by atoms with Crippen LogP contribution < -0.4 is 4.74 Å². The molecule has 2 rings (SSSR count). The SMILES string of the molecule is COc1cc(C(=O)C=Cc2ccc(C)c([N+](=O)[O-])c2)ccc1SC. The van der Waals surface area contributed by atoms with Crippen molar-refractivity contribution >= 4 is 29.3 Å². The van der Waals surface area contributed by atoms with Crippen LogP contribution in [0.25, 0.3) is 6.08 Å². The molecule has 0 aliphatic heterocycles. The molecule has 0 aliphatic carbocycles. The highest BCUT2D eigenvalue weighted by Crippen LogP contribution is 2.28. The van der Waals surface area contributed by atoms with Crippen molar-refractivity contribution in [3.63, 3.8) is 0 Å². The number of hydrogen-bond donors (Lipinski definition) is 0. The second-order valence-corrected chi connectivity index (χ2v) is 5.92. The van der Waals surface area contributed by atoms with Crippen molar-refractivity contribution in [1.82, 2.24) is 0 Å². The summed E-state index contributed by atoms with van der Waals surface area (Å²) in [6.07, 6.45) is 4.91. The summed E-state index contributed by atoms with van der Waals surface area (Å²) in [5.41, 5.74) is 1.73. The maximum atomic E-state index is 12.3. The first kappa shape index (κ1) is 17.7. The second-order valence-electron chi connectivity index (χ2n) is 5.07. The average molecular weight is 343 g/mol. The first-order valence-corrected chi connectivity index (χ1v) is 8.38. The van der Waals surface area contributed by atoms with Gasteiger partial charge in [-0.25, -0.2) is 0 Å². The summed E-state index contributed by atoms with van der Waals surface area (Å²) in [7, 11) is 1.56. The Balaban J connectivity index is 2.25. The zero-order valence-corrected chi connectivity index (χ0v) is 14.4. The van der Waals surface area contributed by atoms with Gasteiger partial charge in [0.05, 0.1) is 12.0 Å². The highest BCUT2D eigenvalue weighted by molar-refractivity contribution is 7.98. The Morgan fingerprint density at radius 3 is 2.62 bits per heavy atom. The van der Waals surface area contributed by atoms with Crippen LogP contribution in [0.5, 0.6) is 5.75 Å². The number of hydrogen-bond acceptors (Lipinski definition) is 5. The fourth-order valence-corrected chi connectivity index (χ4v) is 2.73. The Bertz CT molecular complexity index is 815. The van der Waals surface area contributed by atoms with Gasteiger partial charge in [-0.05, 0) is 43.0 Å². The number of carbonyl (C=O) groups is 1. The maximum Gasteiger partial charge on any atom is 0.272 e. The number of ether oxygens (including phenoxy) is 1. The van der Waals surface area contributed by atoms with Gasteiger partial charge in [0.2, 0.25) is 0 Å². The van der Waals surface area contributed by atoms with Gasteiger partial charge in [-0.2, -0.15) is 0 Å². The lowest BCUT2D eigenvalue weighted by Gasteiger charge is -2.07. The van der Waals surface area contributed by atoms with Crippen LogP contribution in [0.4, 0.5) is 5.69 Å². The Labute approximate surface area is 144 Å². The van der Waals surface area contributed by atoms with Gasteiger partial charge in [0, 0.05) is 22.1 Å². The normalized spacial score (nSPS) is 10.8. The third-order valence-electron chi connectivity index (χ3n) is 3.53. The molecule has 0 saturated heterocycles. The molecule has 0 atom stereocenters. The number of nitrogens with zero attached hydrogens (tertiary/aromatic N) is 1. The lowest BCUT2D eigenvalue weighted by Crippen LogP contribution is -1.96. The van der Waals surface area contributed by atoms with E-state index in [1.54, 1.807) is 44.4 Å². The predicted octanol–water partition coefficient (Wildman–Crippen LogP) is 4.53. The van der Waals surface area contributed by atoms with Gasteiger partial charge in [-0.1, -0.05) is 18.2 Å². The number of carbonyl (C=O) groups excluding carboxylic acids is 1. The number of benzene rings is 2. The Hall–Kier alpha value is -2.60. The van der Waals surface area contributed by atoms with Crippen molar-refractivity contribution in [3.05, 3.63) is 69.3 Å². The van der Waals surface area contributed by atoms with Crippen LogP contribution in [0.1, 0.15) is 21.5 Å². The van der Waals surface area contributed by atoms with Gasteiger partial charge < -0.3 is 4.74 Å². The van der Waals surface area contributed by atoms with E-state index in [1.165, 1.54) is 23.9 Å². The number of nitro groups is 1. The molecule has 0 N–H and O–H groups in total. The minimum atomic E-state index is -0.430. The van der Waals surface area contributed by atoms with Gasteiger partial charge in [0.25, 0.3) is 5.69 Å². The molecule has 0 fully saturated rings. The van der Waals surface area contributed by atoms with Crippen molar-refractivity contribution in [2.24, 2.45) is 0 Å². The maximum absolute atomic E-state index is 12.3. The van der Waals surface area contributed by atoms with Crippen LogP contribution in [0.2, 0.25) is 0 Å². The zero-order chi connectivity index (χ0) is 17.7. The Morgan fingerprint density at radius 1 is 1.25 bits per heavy atom. The largest absolute Gasteiger partial charge is 0.496 e. The smallest absolute Gasteiger partial charge is 0.272 e. The van der Waals surface area contributed by atoms with Crippen LogP contribution >= 0.6 is 11.8 Å². The van der Waals surface area contributed by atoms with E-state index < -0.39 is 4.92 Å². The number of ketones is 1. The summed E-state index contributed by atoms with van der Waals surface area (Å²) >= 11 is 1.54. The molecule has 5 nitrogen and oxygen atoms in total. The molecule has 0 saturated carbocycles. The summed E-state index contributed by atoms with van der Waals surface area (Å²) in [6, 6.07) is 10.1. The standard InChI is InChI=1S/C18H17NO4S/c1-12-4-5-13(10-15(12)19(21)22)6-8-16(20)14-7-9-18(24-3)17(11-14)23-2/h4-11H,1-3H3. The second kappa shape index (κ2) is 7.79. The highest BCUT2D eigenvalue weighted by atomic mass is 32.2. The van der Waals surface area contributed by atoms with Gasteiger partial charge in [-0.15, -0.1) is 11.8 Å². The molecule has 0 heterocycles. The molecule has 0 bridgehead atoms. The Morgan fingerprint density at radius 2 is 2.00 bits per heavy atom. The quantitative estimate of drug-likeness (QED) is 0.253. The molecule has 2 aromatic rings. The molecular formula is C18H17NO4S. The Kier molecular flexibility index (Phi) is 5.76.